The highest BCUT2D eigenvalue weighted by Gasteiger charge is 2.22. The molecular weight excluding hydrogens is 340 g/mol. The van der Waals surface area contributed by atoms with Crippen LogP contribution in [0.4, 0.5) is 5.69 Å². The largest absolute Gasteiger partial charge is 0.398 e. The highest BCUT2D eigenvalue weighted by molar-refractivity contribution is 9.10. The molecule has 1 aliphatic rings. The van der Waals surface area contributed by atoms with E-state index in [9.17, 15) is 8.42 Å². The van der Waals surface area contributed by atoms with Gasteiger partial charge < -0.3 is 5.73 Å². The maximum atomic E-state index is 12.3. The smallest absolute Gasteiger partial charge is 0.242 e. The van der Waals surface area contributed by atoms with Crippen molar-refractivity contribution in [3.05, 3.63) is 22.7 Å². The Morgan fingerprint density at radius 2 is 1.95 bits per heavy atom. The molecule has 112 valence electrons. The molecule has 0 amide bonds. The van der Waals surface area contributed by atoms with E-state index >= 15 is 0 Å². The molecule has 0 heterocycles. The summed E-state index contributed by atoms with van der Waals surface area (Å²) in [5.74, 6) is 1.21. The van der Waals surface area contributed by atoms with Gasteiger partial charge in [0.2, 0.25) is 10.0 Å². The highest BCUT2D eigenvalue weighted by atomic mass is 79.9. The summed E-state index contributed by atoms with van der Waals surface area (Å²) in [5.41, 5.74) is 6.05. The average Bonchev–Trinajstić information content (AvgIpc) is 2.37. The number of nitrogens with one attached hydrogen (secondary N) is 1. The summed E-state index contributed by atoms with van der Waals surface area (Å²) >= 11 is 3.27. The van der Waals surface area contributed by atoms with Crippen molar-refractivity contribution in [2.24, 2.45) is 11.8 Å². The van der Waals surface area contributed by atoms with Gasteiger partial charge in [-0.15, -0.1) is 0 Å². The van der Waals surface area contributed by atoms with Gasteiger partial charge >= 0.3 is 0 Å². The van der Waals surface area contributed by atoms with Crippen LogP contribution < -0.4 is 10.5 Å². The van der Waals surface area contributed by atoms with Gasteiger partial charge in [0.25, 0.3) is 0 Å². The first-order valence-corrected chi connectivity index (χ1v) is 9.21. The first-order chi connectivity index (χ1) is 9.38. The van der Waals surface area contributed by atoms with E-state index in [1.165, 1.54) is 18.9 Å². The number of nitrogens with two attached hydrogens (primary N) is 1. The number of hydrogen-bond donors (Lipinski definition) is 2. The molecule has 0 unspecified atom stereocenters. The molecule has 1 aromatic carbocycles. The Morgan fingerprint density at radius 1 is 1.30 bits per heavy atom. The van der Waals surface area contributed by atoms with Crippen molar-refractivity contribution in [3.8, 4) is 0 Å². The van der Waals surface area contributed by atoms with Crippen molar-refractivity contribution in [2.45, 2.75) is 37.5 Å². The van der Waals surface area contributed by atoms with Crippen LogP contribution in [0.5, 0.6) is 0 Å². The van der Waals surface area contributed by atoms with Crippen LogP contribution in [0, 0.1) is 11.8 Å². The molecule has 3 N–H and O–H groups in total. The van der Waals surface area contributed by atoms with Gasteiger partial charge in [0.1, 0.15) is 4.90 Å². The van der Waals surface area contributed by atoms with Crippen molar-refractivity contribution < 1.29 is 8.42 Å². The number of benzene rings is 1. The monoisotopic (exact) mass is 360 g/mol. The van der Waals surface area contributed by atoms with Crippen LogP contribution in [0.1, 0.15) is 32.6 Å². The number of sulfonamides is 1. The van der Waals surface area contributed by atoms with Gasteiger partial charge in [-0.2, -0.15) is 0 Å². The summed E-state index contributed by atoms with van der Waals surface area (Å²) in [6.45, 7) is 2.76. The third-order valence-corrected chi connectivity index (χ3v) is 5.95. The minimum absolute atomic E-state index is 0.157. The minimum atomic E-state index is -3.52. The van der Waals surface area contributed by atoms with Crippen molar-refractivity contribution in [2.75, 3.05) is 12.3 Å². The van der Waals surface area contributed by atoms with Crippen LogP contribution in [0.15, 0.2) is 27.6 Å². The quantitative estimate of drug-likeness (QED) is 0.810. The van der Waals surface area contributed by atoms with Gasteiger partial charge in [0.05, 0.1) is 5.69 Å². The van der Waals surface area contributed by atoms with Crippen LogP contribution in [0.2, 0.25) is 0 Å². The lowest BCUT2D eigenvalue weighted by Gasteiger charge is -2.26. The van der Waals surface area contributed by atoms with E-state index in [0.29, 0.717) is 12.5 Å². The van der Waals surface area contributed by atoms with Gasteiger partial charge in [-0.05, 0) is 42.9 Å². The summed E-state index contributed by atoms with van der Waals surface area (Å²) in [7, 11) is -3.52. The molecule has 1 aliphatic carbocycles. The van der Waals surface area contributed by atoms with E-state index < -0.39 is 10.0 Å². The number of nitrogen functional groups attached to an aromatic ring is 1. The molecule has 0 bridgehead atoms. The third-order valence-electron chi connectivity index (χ3n) is 3.96. The number of anilines is 1. The molecule has 0 spiro atoms. The molecule has 1 aromatic rings. The average molecular weight is 361 g/mol. The molecule has 0 aliphatic heterocycles. The van der Waals surface area contributed by atoms with Crippen molar-refractivity contribution in [1.82, 2.24) is 4.72 Å². The second-order valence-electron chi connectivity index (χ2n) is 5.66. The molecule has 0 saturated heterocycles. The van der Waals surface area contributed by atoms with E-state index in [0.717, 1.165) is 23.2 Å². The fourth-order valence-corrected chi connectivity index (χ4v) is 4.21. The Hall–Kier alpha value is -0.590. The molecule has 1 saturated carbocycles. The first kappa shape index (κ1) is 15.8. The zero-order chi connectivity index (χ0) is 14.8. The Balaban J connectivity index is 2.00. The van der Waals surface area contributed by atoms with Crippen LogP contribution in [0.3, 0.4) is 0 Å². The predicted octanol–water partition coefficient (Wildman–Crippen LogP) is 3.14. The van der Waals surface area contributed by atoms with Crippen LogP contribution in [-0.4, -0.2) is 15.0 Å². The summed E-state index contributed by atoms with van der Waals surface area (Å²) < 4.78 is 28.0. The SMILES string of the molecule is CC1CCC(CNS(=O)(=O)c2ccc(Br)cc2N)CC1. The molecule has 2 rings (SSSR count). The maximum Gasteiger partial charge on any atom is 0.242 e. The van der Waals surface area contributed by atoms with Gasteiger partial charge in [-0.3, -0.25) is 0 Å². The molecule has 0 radical (unpaired) electrons. The van der Waals surface area contributed by atoms with Crippen LogP contribution in [0.25, 0.3) is 0 Å². The lowest BCUT2D eigenvalue weighted by atomic mass is 9.83. The molecule has 1 fully saturated rings. The van der Waals surface area contributed by atoms with Crippen LogP contribution in [-0.2, 0) is 10.0 Å². The predicted molar refractivity (Wildman–Crippen MR) is 84.9 cm³/mol. The molecule has 0 aromatic heterocycles. The van der Waals surface area contributed by atoms with E-state index in [1.54, 1.807) is 12.1 Å². The zero-order valence-corrected chi connectivity index (χ0v) is 14.0. The van der Waals surface area contributed by atoms with Gasteiger partial charge in [0, 0.05) is 11.0 Å². The van der Waals surface area contributed by atoms with Gasteiger partial charge in [-0.25, -0.2) is 13.1 Å². The fourth-order valence-electron chi connectivity index (χ4n) is 2.60. The lowest BCUT2D eigenvalue weighted by molar-refractivity contribution is 0.290. The van der Waals surface area contributed by atoms with Crippen molar-refractivity contribution in [1.29, 1.82) is 0 Å². The lowest BCUT2D eigenvalue weighted by Crippen LogP contribution is -2.31. The number of halogens is 1. The molecular formula is C14H21BrN2O2S. The number of rotatable bonds is 4. The Labute approximate surface area is 129 Å². The summed E-state index contributed by atoms with van der Waals surface area (Å²) in [6, 6.07) is 4.83. The maximum absolute atomic E-state index is 12.3. The molecule has 20 heavy (non-hydrogen) atoms. The number of hydrogen-bond acceptors (Lipinski definition) is 3. The fraction of sp³-hybridized carbons (Fsp3) is 0.571. The summed E-state index contributed by atoms with van der Waals surface area (Å²) in [5, 5.41) is 0. The molecule has 4 nitrogen and oxygen atoms in total. The van der Waals surface area contributed by atoms with Gasteiger partial charge in [-0.1, -0.05) is 35.7 Å². The summed E-state index contributed by atoms with van der Waals surface area (Å²) in [6.07, 6.45) is 4.57. The van der Waals surface area contributed by atoms with Crippen molar-refractivity contribution >= 4 is 31.6 Å². The van der Waals surface area contributed by atoms with E-state index in [2.05, 4.69) is 27.6 Å². The second kappa shape index (κ2) is 6.45. The standard InChI is InChI=1S/C14H21BrN2O2S/c1-10-2-4-11(5-3-10)9-17-20(18,19)14-7-6-12(15)8-13(14)16/h6-8,10-11,17H,2-5,9,16H2,1H3. The Kier molecular flexibility index (Phi) is 5.09. The summed E-state index contributed by atoms with van der Waals surface area (Å²) in [4.78, 5) is 0.157. The molecule has 0 atom stereocenters. The van der Waals surface area contributed by atoms with E-state index in [1.807, 2.05) is 0 Å². The minimum Gasteiger partial charge on any atom is -0.398 e. The van der Waals surface area contributed by atoms with E-state index in [-0.39, 0.29) is 10.6 Å². The zero-order valence-electron chi connectivity index (χ0n) is 11.6. The Bertz CT molecular complexity index is 567. The second-order valence-corrected chi connectivity index (χ2v) is 8.31. The first-order valence-electron chi connectivity index (χ1n) is 6.93. The van der Waals surface area contributed by atoms with E-state index in [4.69, 9.17) is 5.73 Å². The highest BCUT2D eigenvalue weighted by Crippen LogP contribution is 2.28. The van der Waals surface area contributed by atoms with Gasteiger partial charge in [0.15, 0.2) is 0 Å². The normalized spacial score (nSPS) is 23.7. The van der Waals surface area contributed by atoms with Crippen molar-refractivity contribution in [3.63, 3.8) is 0 Å². The van der Waals surface area contributed by atoms with Crippen LogP contribution >= 0.6 is 15.9 Å². The Morgan fingerprint density at radius 3 is 2.55 bits per heavy atom. The topological polar surface area (TPSA) is 72.2 Å². The third kappa shape index (κ3) is 3.96. The molecule has 6 heteroatoms.